The van der Waals surface area contributed by atoms with Crippen molar-refractivity contribution in [1.82, 2.24) is 0 Å². The van der Waals surface area contributed by atoms with Crippen molar-refractivity contribution in [2.45, 2.75) is 5.75 Å². The van der Waals surface area contributed by atoms with Crippen LogP contribution in [0.2, 0.25) is 5.02 Å². The van der Waals surface area contributed by atoms with Gasteiger partial charge in [0.2, 0.25) is 0 Å². The van der Waals surface area contributed by atoms with Crippen molar-refractivity contribution in [3.63, 3.8) is 0 Å². The molecule has 0 fully saturated rings. The summed E-state index contributed by atoms with van der Waals surface area (Å²) in [5, 5.41) is 0.752. The fourth-order valence-corrected chi connectivity index (χ4v) is 5.53. The van der Waals surface area contributed by atoms with Crippen molar-refractivity contribution in [3.8, 4) is 0 Å². The molecule has 0 aliphatic carbocycles. The van der Waals surface area contributed by atoms with E-state index in [0.717, 1.165) is 29.5 Å². The number of rotatable bonds is 5. The Kier molecular flexibility index (Phi) is 5.96. The smallest absolute Gasteiger partial charge is 0.174 e. The van der Waals surface area contributed by atoms with Gasteiger partial charge in [0.05, 0.1) is 13.3 Å². The quantitative estimate of drug-likeness (QED) is 0.527. The molecule has 0 aliphatic rings. The van der Waals surface area contributed by atoms with Crippen LogP contribution in [0.1, 0.15) is 15.9 Å². The van der Waals surface area contributed by atoms with Gasteiger partial charge in [-0.2, -0.15) is 0 Å². The van der Waals surface area contributed by atoms with Gasteiger partial charge in [0.15, 0.2) is 5.78 Å². The van der Waals surface area contributed by atoms with E-state index in [1.807, 2.05) is 30.3 Å². The molecule has 0 radical (unpaired) electrons. The molecular weight excluding hydrogens is 432 g/mol. The number of benzene rings is 1. The van der Waals surface area contributed by atoms with Gasteiger partial charge in [-0.3, -0.25) is 4.79 Å². The molecule has 0 N–H and O–H groups in total. The van der Waals surface area contributed by atoms with Gasteiger partial charge in [0, 0.05) is 16.3 Å². The Balaban J connectivity index is 1.91. The largest absolute Gasteiger partial charge is 0.293 e. The molecule has 1 aromatic heterocycles. The number of carbonyl (C=O) groups is 1. The minimum Gasteiger partial charge on any atom is -0.293 e. The monoisotopic (exact) mass is 438 g/mol. The zero-order valence-electron chi connectivity index (χ0n) is 9.66. The van der Waals surface area contributed by atoms with Crippen LogP contribution in [0.4, 0.5) is 0 Å². The first kappa shape index (κ1) is 15.6. The van der Waals surface area contributed by atoms with Crippen LogP contribution < -0.4 is 0 Å². The van der Waals surface area contributed by atoms with E-state index < -0.39 is 0 Å². The van der Waals surface area contributed by atoms with E-state index in [-0.39, 0.29) is 5.78 Å². The topological polar surface area (TPSA) is 17.1 Å². The van der Waals surface area contributed by atoms with Gasteiger partial charge >= 0.3 is 0 Å². The van der Waals surface area contributed by atoms with Crippen LogP contribution in [0.3, 0.4) is 0 Å². The Morgan fingerprint density at radius 3 is 2.68 bits per heavy atom. The first-order valence-electron chi connectivity index (χ1n) is 5.37. The van der Waals surface area contributed by atoms with Crippen molar-refractivity contribution in [1.29, 1.82) is 0 Å². The van der Waals surface area contributed by atoms with Crippen molar-refractivity contribution in [2.75, 3.05) is 5.75 Å². The highest BCUT2D eigenvalue weighted by Crippen LogP contribution is 2.33. The van der Waals surface area contributed by atoms with Gasteiger partial charge in [0.1, 0.15) is 0 Å². The van der Waals surface area contributed by atoms with Crippen LogP contribution in [-0.4, -0.2) is 11.5 Å². The Morgan fingerprint density at radius 2 is 2.05 bits per heavy atom. The second-order valence-electron chi connectivity index (χ2n) is 3.75. The van der Waals surface area contributed by atoms with Crippen LogP contribution >= 0.6 is 66.6 Å². The van der Waals surface area contributed by atoms with Gasteiger partial charge in [-0.15, -0.1) is 23.1 Å². The number of halogens is 3. The summed E-state index contributed by atoms with van der Waals surface area (Å²) in [6.07, 6.45) is 0. The van der Waals surface area contributed by atoms with Gasteiger partial charge in [-0.1, -0.05) is 29.8 Å². The molecule has 0 atom stereocenters. The van der Waals surface area contributed by atoms with Crippen molar-refractivity contribution in [2.24, 2.45) is 0 Å². The summed E-state index contributed by atoms with van der Waals surface area (Å²) in [5.41, 5.74) is 1.80. The second-order valence-corrected chi connectivity index (χ2v) is 8.89. The highest BCUT2D eigenvalue weighted by molar-refractivity contribution is 9.12. The van der Waals surface area contributed by atoms with Crippen molar-refractivity contribution < 1.29 is 4.79 Å². The molecule has 1 aromatic carbocycles. The number of Topliss-reactive ketones (excluding diaryl/α,β-unsaturated/α-hetero) is 1. The lowest BCUT2D eigenvalue weighted by molar-refractivity contribution is 0.102. The first-order chi connectivity index (χ1) is 9.08. The maximum Gasteiger partial charge on any atom is 0.174 e. The van der Waals surface area contributed by atoms with Crippen molar-refractivity contribution >= 4 is 72.3 Å². The normalized spacial score (nSPS) is 10.7. The molecule has 1 heterocycles. The average Bonchev–Trinajstić information content (AvgIpc) is 2.71. The predicted molar refractivity (Wildman–Crippen MR) is 91.7 cm³/mol. The first-order valence-corrected chi connectivity index (χ1v) is 9.30. The lowest BCUT2D eigenvalue weighted by atomic mass is 10.2. The molecule has 2 aromatic rings. The Bertz CT molecular complexity index is 598. The number of ketones is 1. The van der Waals surface area contributed by atoms with Gasteiger partial charge in [-0.05, 0) is 49.6 Å². The highest BCUT2D eigenvalue weighted by atomic mass is 79.9. The molecule has 19 heavy (non-hydrogen) atoms. The number of thioether (sulfide) groups is 1. The molecule has 0 unspecified atom stereocenters. The maximum absolute atomic E-state index is 12.1. The summed E-state index contributed by atoms with van der Waals surface area (Å²) in [6.45, 7) is 0. The standard InChI is InChI=1S/C13H9Br2ClOS2/c14-12-5-9(13(15)19-12)11(17)7-18-6-8-3-1-2-4-10(8)16/h1-5H,6-7H2. The molecular formula is C13H9Br2ClOS2. The van der Waals surface area contributed by atoms with Crippen LogP contribution in [0, 0.1) is 0 Å². The van der Waals surface area contributed by atoms with Crippen LogP contribution in [0.25, 0.3) is 0 Å². The van der Waals surface area contributed by atoms with Gasteiger partial charge in [0.25, 0.3) is 0 Å². The fourth-order valence-electron chi connectivity index (χ4n) is 1.48. The zero-order chi connectivity index (χ0) is 13.8. The molecule has 100 valence electrons. The SMILES string of the molecule is O=C(CSCc1ccccc1Cl)c1cc(Br)sc1Br. The van der Waals surface area contributed by atoms with E-state index in [1.54, 1.807) is 11.8 Å². The fraction of sp³-hybridized carbons (Fsp3) is 0.154. The Hall–Kier alpha value is 0.190. The van der Waals surface area contributed by atoms with E-state index in [4.69, 9.17) is 11.6 Å². The lowest BCUT2D eigenvalue weighted by Gasteiger charge is -2.03. The molecule has 2 rings (SSSR count). The third-order valence-electron chi connectivity index (χ3n) is 2.41. The maximum atomic E-state index is 12.1. The molecule has 0 aliphatic heterocycles. The van der Waals surface area contributed by atoms with Crippen LogP contribution in [0.15, 0.2) is 37.9 Å². The summed E-state index contributed by atoms with van der Waals surface area (Å²) in [6, 6.07) is 9.56. The number of carbonyl (C=O) groups excluding carboxylic acids is 1. The molecule has 0 bridgehead atoms. The van der Waals surface area contributed by atoms with E-state index in [9.17, 15) is 4.79 Å². The van der Waals surface area contributed by atoms with E-state index >= 15 is 0 Å². The average molecular weight is 441 g/mol. The Labute approximate surface area is 142 Å². The number of hydrogen-bond acceptors (Lipinski definition) is 3. The molecule has 0 saturated carbocycles. The summed E-state index contributed by atoms with van der Waals surface area (Å²) >= 11 is 15.9. The summed E-state index contributed by atoms with van der Waals surface area (Å²) in [4.78, 5) is 12.1. The number of thiophene rings is 1. The summed E-state index contributed by atoms with van der Waals surface area (Å²) in [7, 11) is 0. The van der Waals surface area contributed by atoms with Crippen molar-refractivity contribution in [3.05, 3.63) is 54.1 Å². The van der Waals surface area contributed by atoms with Gasteiger partial charge < -0.3 is 0 Å². The molecule has 0 amide bonds. The summed E-state index contributed by atoms with van der Waals surface area (Å²) in [5.74, 6) is 1.33. The van der Waals surface area contributed by atoms with Crippen LogP contribution in [0.5, 0.6) is 0 Å². The molecule has 0 spiro atoms. The van der Waals surface area contributed by atoms with E-state index in [1.165, 1.54) is 11.3 Å². The minimum absolute atomic E-state index is 0.130. The third-order valence-corrected chi connectivity index (χ3v) is 6.10. The zero-order valence-corrected chi connectivity index (χ0v) is 15.2. The van der Waals surface area contributed by atoms with Gasteiger partial charge in [-0.25, -0.2) is 0 Å². The minimum atomic E-state index is 0.130. The Morgan fingerprint density at radius 1 is 1.32 bits per heavy atom. The molecule has 0 saturated heterocycles. The highest BCUT2D eigenvalue weighted by Gasteiger charge is 2.13. The third kappa shape index (κ3) is 4.33. The van der Waals surface area contributed by atoms with E-state index in [0.29, 0.717) is 5.75 Å². The van der Waals surface area contributed by atoms with E-state index in [2.05, 4.69) is 31.9 Å². The second kappa shape index (κ2) is 7.27. The van der Waals surface area contributed by atoms with Crippen LogP contribution in [-0.2, 0) is 5.75 Å². The summed E-state index contributed by atoms with van der Waals surface area (Å²) < 4.78 is 1.83. The number of hydrogen-bond donors (Lipinski definition) is 0. The molecule has 6 heteroatoms. The lowest BCUT2D eigenvalue weighted by Crippen LogP contribution is -2.01. The molecule has 1 nitrogen and oxygen atoms in total. The predicted octanol–water partition coefficient (Wildman–Crippen LogP) is 6.04.